The summed E-state index contributed by atoms with van der Waals surface area (Å²) in [7, 11) is 0. The average molecular weight is 349 g/mol. The summed E-state index contributed by atoms with van der Waals surface area (Å²) in [6.45, 7) is 4.15. The highest BCUT2D eigenvalue weighted by molar-refractivity contribution is 6.31. The van der Waals surface area contributed by atoms with Crippen LogP contribution in [-0.4, -0.2) is 6.03 Å². The van der Waals surface area contributed by atoms with Crippen molar-refractivity contribution >= 4 is 23.3 Å². The monoisotopic (exact) mass is 348 g/mol. The second-order valence-corrected chi connectivity index (χ2v) is 6.17. The summed E-state index contributed by atoms with van der Waals surface area (Å²) in [5.74, 6) is -0.431. The Morgan fingerprint density at radius 1 is 1.25 bits per heavy atom. The van der Waals surface area contributed by atoms with Gasteiger partial charge in [0.1, 0.15) is 5.82 Å². The van der Waals surface area contributed by atoms with E-state index in [1.54, 1.807) is 6.07 Å². The zero-order chi connectivity index (χ0) is 17.5. The third-order valence-corrected chi connectivity index (χ3v) is 4.20. The number of halogens is 2. The van der Waals surface area contributed by atoms with Crippen molar-refractivity contribution in [3.05, 3.63) is 63.9 Å². The molecule has 0 saturated heterocycles. The van der Waals surface area contributed by atoms with Crippen LogP contribution in [0.25, 0.3) is 0 Å². The van der Waals surface area contributed by atoms with E-state index in [1.165, 1.54) is 17.7 Å². The van der Waals surface area contributed by atoms with Gasteiger partial charge in [0, 0.05) is 22.8 Å². The normalized spacial score (nSPS) is 10.5. The smallest absolute Gasteiger partial charge is 0.319 e. The zero-order valence-electron chi connectivity index (χ0n) is 14.0. The molecule has 2 rings (SSSR count). The van der Waals surface area contributed by atoms with E-state index in [-0.39, 0.29) is 12.1 Å². The number of benzene rings is 2. The van der Waals surface area contributed by atoms with Gasteiger partial charge in [-0.2, -0.15) is 0 Å². The average Bonchev–Trinajstić information content (AvgIpc) is 2.54. The van der Waals surface area contributed by atoms with Gasteiger partial charge < -0.3 is 10.6 Å². The number of hydrogen-bond acceptors (Lipinski definition) is 1. The lowest BCUT2D eigenvalue weighted by Gasteiger charge is -2.12. The van der Waals surface area contributed by atoms with E-state index in [0.29, 0.717) is 5.02 Å². The maximum atomic E-state index is 13.7. The molecular formula is C19H22ClFN2O. The van der Waals surface area contributed by atoms with Gasteiger partial charge in [-0.1, -0.05) is 43.1 Å². The van der Waals surface area contributed by atoms with E-state index in [2.05, 4.69) is 23.6 Å². The van der Waals surface area contributed by atoms with Crippen molar-refractivity contribution in [1.29, 1.82) is 0 Å². The summed E-state index contributed by atoms with van der Waals surface area (Å²) in [5.41, 5.74) is 3.29. The lowest BCUT2D eigenvalue weighted by molar-refractivity contribution is 0.251. The SMILES string of the molecule is CCCCc1ccc(NC(=O)NCc2c(F)cccc2Cl)c(C)c1. The van der Waals surface area contributed by atoms with Gasteiger partial charge in [-0.15, -0.1) is 0 Å². The number of aryl methyl sites for hydroxylation is 2. The largest absolute Gasteiger partial charge is 0.334 e. The molecule has 0 unspecified atom stereocenters. The van der Waals surface area contributed by atoms with Crippen molar-refractivity contribution in [2.24, 2.45) is 0 Å². The maximum absolute atomic E-state index is 13.7. The topological polar surface area (TPSA) is 41.1 Å². The quantitative estimate of drug-likeness (QED) is 0.715. The van der Waals surface area contributed by atoms with Crippen molar-refractivity contribution in [3.8, 4) is 0 Å². The zero-order valence-corrected chi connectivity index (χ0v) is 14.7. The highest BCUT2D eigenvalue weighted by Crippen LogP contribution is 2.20. The van der Waals surface area contributed by atoms with Crippen LogP contribution in [0.1, 0.15) is 36.5 Å². The van der Waals surface area contributed by atoms with Crippen LogP contribution < -0.4 is 10.6 Å². The summed E-state index contributed by atoms with van der Waals surface area (Å²) in [4.78, 5) is 12.0. The maximum Gasteiger partial charge on any atom is 0.319 e. The molecule has 0 radical (unpaired) electrons. The van der Waals surface area contributed by atoms with E-state index >= 15 is 0 Å². The highest BCUT2D eigenvalue weighted by Gasteiger charge is 2.09. The second kappa shape index (κ2) is 8.69. The number of carbonyl (C=O) groups is 1. The molecule has 24 heavy (non-hydrogen) atoms. The Morgan fingerprint density at radius 2 is 2.04 bits per heavy atom. The van der Waals surface area contributed by atoms with E-state index in [9.17, 15) is 9.18 Å². The fourth-order valence-electron chi connectivity index (χ4n) is 2.44. The van der Waals surface area contributed by atoms with Crippen LogP contribution in [0.4, 0.5) is 14.9 Å². The summed E-state index contributed by atoms with van der Waals surface area (Å²) in [6.07, 6.45) is 3.34. The van der Waals surface area contributed by atoms with Gasteiger partial charge in [-0.3, -0.25) is 0 Å². The summed E-state index contributed by atoms with van der Waals surface area (Å²) < 4.78 is 13.7. The Bertz CT molecular complexity index is 698. The number of rotatable bonds is 6. The Kier molecular flexibility index (Phi) is 6.62. The summed E-state index contributed by atoms with van der Waals surface area (Å²) >= 11 is 5.95. The molecule has 0 aliphatic rings. The number of anilines is 1. The number of urea groups is 1. The molecule has 3 nitrogen and oxygen atoms in total. The van der Waals surface area contributed by atoms with Gasteiger partial charge >= 0.3 is 6.03 Å². The molecule has 2 aromatic carbocycles. The van der Waals surface area contributed by atoms with Crippen molar-refractivity contribution in [1.82, 2.24) is 5.32 Å². The van der Waals surface area contributed by atoms with Gasteiger partial charge in [-0.25, -0.2) is 9.18 Å². The molecule has 128 valence electrons. The minimum Gasteiger partial charge on any atom is -0.334 e. The lowest BCUT2D eigenvalue weighted by Crippen LogP contribution is -2.29. The van der Waals surface area contributed by atoms with Gasteiger partial charge in [0.05, 0.1) is 0 Å². The molecule has 5 heteroatoms. The minimum atomic E-state index is -0.431. The van der Waals surface area contributed by atoms with Gasteiger partial charge in [0.25, 0.3) is 0 Å². The number of hydrogen-bond donors (Lipinski definition) is 2. The Hall–Kier alpha value is -2.07. The number of amides is 2. The van der Waals surface area contributed by atoms with E-state index < -0.39 is 11.8 Å². The number of carbonyl (C=O) groups excluding carboxylic acids is 1. The molecule has 0 saturated carbocycles. The molecule has 2 aromatic rings. The molecule has 0 aliphatic carbocycles. The van der Waals surface area contributed by atoms with Crippen molar-refractivity contribution < 1.29 is 9.18 Å². The lowest BCUT2D eigenvalue weighted by atomic mass is 10.0. The Morgan fingerprint density at radius 3 is 2.71 bits per heavy atom. The summed E-state index contributed by atoms with van der Waals surface area (Å²) in [6, 6.07) is 10.1. The first-order valence-corrected chi connectivity index (χ1v) is 8.46. The van der Waals surface area contributed by atoms with Crippen LogP contribution >= 0.6 is 11.6 Å². The Labute approximate surface area is 147 Å². The highest BCUT2D eigenvalue weighted by atomic mass is 35.5. The van der Waals surface area contributed by atoms with Crippen molar-refractivity contribution in [2.75, 3.05) is 5.32 Å². The third-order valence-electron chi connectivity index (χ3n) is 3.85. The molecule has 0 spiro atoms. The summed E-state index contributed by atoms with van der Waals surface area (Å²) in [5, 5.41) is 5.72. The second-order valence-electron chi connectivity index (χ2n) is 5.76. The van der Waals surface area contributed by atoms with Crippen LogP contribution in [0, 0.1) is 12.7 Å². The molecule has 0 fully saturated rings. The molecule has 2 N–H and O–H groups in total. The molecule has 0 aliphatic heterocycles. The van der Waals surface area contributed by atoms with Crippen LogP contribution in [-0.2, 0) is 13.0 Å². The fourth-order valence-corrected chi connectivity index (χ4v) is 2.67. The van der Waals surface area contributed by atoms with Crippen LogP contribution in [0.3, 0.4) is 0 Å². The van der Waals surface area contributed by atoms with Crippen LogP contribution in [0.5, 0.6) is 0 Å². The predicted molar refractivity (Wildman–Crippen MR) is 97.1 cm³/mol. The molecule has 0 bridgehead atoms. The third kappa shape index (κ3) is 4.96. The molecule has 2 amide bonds. The van der Waals surface area contributed by atoms with Crippen molar-refractivity contribution in [2.45, 2.75) is 39.7 Å². The standard InChI is InChI=1S/C19H22ClFN2O/c1-3-4-6-14-9-10-18(13(2)11-14)23-19(24)22-12-15-16(20)7-5-8-17(15)21/h5,7-11H,3-4,6,12H2,1-2H3,(H2,22,23,24). The van der Waals surface area contributed by atoms with E-state index in [4.69, 9.17) is 11.6 Å². The van der Waals surface area contributed by atoms with Crippen LogP contribution in [0.15, 0.2) is 36.4 Å². The van der Waals surface area contributed by atoms with Crippen molar-refractivity contribution in [3.63, 3.8) is 0 Å². The predicted octanol–water partition coefficient (Wildman–Crippen LogP) is 5.45. The van der Waals surface area contributed by atoms with Gasteiger partial charge in [-0.05, 0) is 49.1 Å². The van der Waals surface area contributed by atoms with E-state index in [1.807, 2.05) is 19.1 Å². The molecule has 0 heterocycles. The first kappa shape index (κ1) is 18.3. The minimum absolute atomic E-state index is 0.0327. The van der Waals surface area contributed by atoms with Crippen LogP contribution in [0.2, 0.25) is 5.02 Å². The first-order valence-electron chi connectivity index (χ1n) is 8.08. The van der Waals surface area contributed by atoms with Gasteiger partial charge in [0.15, 0.2) is 0 Å². The number of nitrogens with one attached hydrogen (secondary N) is 2. The fraction of sp³-hybridized carbons (Fsp3) is 0.316. The van der Waals surface area contributed by atoms with Gasteiger partial charge in [0.2, 0.25) is 0 Å². The first-order chi connectivity index (χ1) is 11.5. The van der Waals surface area contributed by atoms with E-state index in [0.717, 1.165) is 30.5 Å². The number of unbranched alkanes of at least 4 members (excludes halogenated alkanes) is 1. The molecule has 0 atom stereocenters. The molecular weight excluding hydrogens is 327 g/mol. The Balaban J connectivity index is 1.95. The molecule has 0 aromatic heterocycles.